The number of amides is 1. The molecule has 0 saturated carbocycles. The lowest BCUT2D eigenvalue weighted by atomic mass is 10.1. The molecule has 1 saturated heterocycles. The summed E-state index contributed by atoms with van der Waals surface area (Å²) in [5, 5.41) is 9.43. The summed E-state index contributed by atoms with van der Waals surface area (Å²) in [6.45, 7) is 5.09. The van der Waals surface area contributed by atoms with Crippen LogP contribution in [0, 0.1) is 5.82 Å². The highest BCUT2D eigenvalue weighted by molar-refractivity contribution is 7.98. The molecule has 5 rings (SSSR count). The van der Waals surface area contributed by atoms with Gasteiger partial charge in [-0.15, -0.1) is 10.2 Å². The Labute approximate surface area is 207 Å². The Morgan fingerprint density at radius 3 is 2.60 bits per heavy atom. The number of furan rings is 1. The maximum absolute atomic E-state index is 14.1. The predicted octanol–water partition coefficient (Wildman–Crippen LogP) is 4.95. The van der Waals surface area contributed by atoms with E-state index in [1.54, 1.807) is 30.2 Å². The zero-order valence-electron chi connectivity index (χ0n) is 19.4. The van der Waals surface area contributed by atoms with Gasteiger partial charge in [0.05, 0.1) is 12.0 Å². The molecular weight excluding hydrogens is 465 g/mol. The number of anilines is 1. The number of nitrogens with zero attached hydrogens (tertiary/aromatic N) is 5. The lowest BCUT2D eigenvalue weighted by molar-refractivity contribution is 0.0746. The topological polar surface area (TPSA) is 67.4 Å². The van der Waals surface area contributed by atoms with E-state index in [4.69, 9.17) is 4.42 Å². The maximum atomic E-state index is 14.1. The molecule has 0 N–H and O–H groups in total. The Morgan fingerprint density at radius 2 is 1.86 bits per heavy atom. The molecule has 1 aliphatic heterocycles. The van der Waals surface area contributed by atoms with E-state index in [2.05, 4.69) is 10.2 Å². The van der Waals surface area contributed by atoms with E-state index in [-0.39, 0.29) is 11.7 Å². The van der Waals surface area contributed by atoms with E-state index >= 15 is 0 Å². The number of hydrogen-bond acceptors (Lipinski definition) is 6. The first-order chi connectivity index (χ1) is 17.1. The van der Waals surface area contributed by atoms with Gasteiger partial charge in [0.1, 0.15) is 5.82 Å². The summed E-state index contributed by atoms with van der Waals surface area (Å²) in [5.41, 5.74) is 2.29. The molecule has 0 atom stereocenters. The molecular formula is C26H26FN5O2S. The van der Waals surface area contributed by atoms with Gasteiger partial charge in [-0.25, -0.2) is 4.39 Å². The van der Waals surface area contributed by atoms with Crippen LogP contribution in [0.2, 0.25) is 0 Å². The lowest BCUT2D eigenvalue weighted by Crippen LogP contribution is -2.49. The van der Waals surface area contributed by atoms with E-state index in [9.17, 15) is 9.18 Å². The summed E-state index contributed by atoms with van der Waals surface area (Å²) in [6, 6.07) is 18.2. The molecule has 1 fully saturated rings. The van der Waals surface area contributed by atoms with Crippen LogP contribution in [0.4, 0.5) is 10.1 Å². The summed E-state index contributed by atoms with van der Waals surface area (Å²) in [7, 11) is 0. The molecule has 35 heavy (non-hydrogen) atoms. The van der Waals surface area contributed by atoms with Crippen molar-refractivity contribution in [3.8, 4) is 11.6 Å². The number of aromatic nitrogens is 3. The van der Waals surface area contributed by atoms with Gasteiger partial charge in [-0.05, 0) is 48.9 Å². The quantitative estimate of drug-likeness (QED) is 0.341. The van der Waals surface area contributed by atoms with Crippen molar-refractivity contribution >= 4 is 23.4 Å². The fraction of sp³-hybridized carbons (Fsp3) is 0.269. The minimum Gasteiger partial charge on any atom is -0.461 e. The highest BCUT2D eigenvalue weighted by Crippen LogP contribution is 2.27. The van der Waals surface area contributed by atoms with Gasteiger partial charge in [-0.1, -0.05) is 36.0 Å². The van der Waals surface area contributed by atoms with Crippen LogP contribution >= 0.6 is 11.8 Å². The van der Waals surface area contributed by atoms with Crippen molar-refractivity contribution in [2.75, 3.05) is 31.1 Å². The van der Waals surface area contributed by atoms with Crippen LogP contribution in [0.1, 0.15) is 22.8 Å². The molecule has 4 aromatic rings. The number of halogens is 1. The molecule has 7 nitrogen and oxygen atoms in total. The molecule has 2 aromatic carbocycles. The number of benzene rings is 2. The summed E-state index contributed by atoms with van der Waals surface area (Å²) in [4.78, 5) is 17.0. The number of rotatable bonds is 7. The molecule has 0 aliphatic carbocycles. The Hall–Kier alpha value is -3.59. The van der Waals surface area contributed by atoms with Crippen LogP contribution < -0.4 is 4.90 Å². The zero-order valence-corrected chi connectivity index (χ0v) is 20.2. The highest BCUT2D eigenvalue weighted by Gasteiger charge is 2.24. The second kappa shape index (κ2) is 10.4. The third-order valence-electron chi connectivity index (χ3n) is 6.08. The average molecular weight is 492 g/mol. The van der Waals surface area contributed by atoms with Crippen LogP contribution in [-0.4, -0.2) is 51.8 Å². The minimum absolute atomic E-state index is 0.00173. The molecule has 1 aliphatic rings. The van der Waals surface area contributed by atoms with Gasteiger partial charge in [0, 0.05) is 44.0 Å². The third-order valence-corrected chi connectivity index (χ3v) is 7.11. The van der Waals surface area contributed by atoms with Gasteiger partial charge in [0.2, 0.25) is 0 Å². The number of para-hydroxylation sites is 1. The fourth-order valence-electron chi connectivity index (χ4n) is 4.25. The van der Waals surface area contributed by atoms with Crippen molar-refractivity contribution in [1.82, 2.24) is 19.7 Å². The second-order valence-corrected chi connectivity index (χ2v) is 9.19. The minimum atomic E-state index is -0.229. The van der Waals surface area contributed by atoms with Gasteiger partial charge >= 0.3 is 0 Å². The summed E-state index contributed by atoms with van der Waals surface area (Å²) in [6.07, 6.45) is 1.62. The Bertz CT molecular complexity index is 1300. The number of thioether (sulfide) groups is 1. The van der Waals surface area contributed by atoms with Gasteiger partial charge in [0.15, 0.2) is 16.7 Å². The molecule has 180 valence electrons. The van der Waals surface area contributed by atoms with Gasteiger partial charge in [0.25, 0.3) is 5.91 Å². The van der Waals surface area contributed by atoms with E-state index in [0.29, 0.717) is 54.8 Å². The van der Waals surface area contributed by atoms with Crippen molar-refractivity contribution in [2.24, 2.45) is 0 Å². The smallest absolute Gasteiger partial charge is 0.253 e. The lowest BCUT2D eigenvalue weighted by Gasteiger charge is -2.36. The van der Waals surface area contributed by atoms with Gasteiger partial charge in [-0.2, -0.15) is 0 Å². The van der Waals surface area contributed by atoms with Crippen molar-refractivity contribution in [3.05, 3.63) is 83.9 Å². The zero-order chi connectivity index (χ0) is 24.2. The summed E-state index contributed by atoms with van der Waals surface area (Å²) >= 11 is 1.58. The second-order valence-electron chi connectivity index (χ2n) is 8.25. The molecule has 3 heterocycles. The van der Waals surface area contributed by atoms with E-state index in [1.165, 1.54) is 6.07 Å². The van der Waals surface area contributed by atoms with E-state index < -0.39 is 0 Å². The largest absolute Gasteiger partial charge is 0.461 e. The van der Waals surface area contributed by atoms with Crippen LogP contribution in [-0.2, 0) is 12.3 Å². The van der Waals surface area contributed by atoms with Crippen LogP contribution in [0.5, 0.6) is 0 Å². The first kappa shape index (κ1) is 23.2. The molecule has 0 bridgehead atoms. The average Bonchev–Trinajstić information content (AvgIpc) is 3.57. The molecule has 0 unspecified atom stereocenters. The van der Waals surface area contributed by atoms with Crippen LogP contribution in [0.3, 0.4) is 0 Å². The highest BCUT2D eigenvalue weighted by atomic mass is 32.2. The Morgan fingerprint density at radius 1 is 1.03 bits per heavy atom. The molecule has 0 radical (unpaired) electrons. The summed E-state index contributed by atoms with van der Waals surface area (Å²) < 4.78 is 21.6. The fourth-order valence-corrected chi connectivity index (χ4v) is 5.20. The first-order valence-corrected chi connectivity index (χ1v) is 12.6. The van der Waals surface area contributed by atoms with Gasteiger partial charge < -0.3 is 14.2 Å². The molecule has 0 spiro atoms. The van der Waals surface area contributed by atoms with E-state index in [0.717, 1.165) is 17.3 Å². The number of piperazine rings is 1. The molecule has 2 aromatic heterocycles. The monoisotopic (exact) mass is 491 g/mol. The van der Waals surface area contributed by atoms with Crippen molar-refractivity contribution < 1.29 is 13.6 Å². The van der Waals surface area contributed by atoms with E-state index in [1.807, 2.05) is 63.8 Å². The third kappa shape index (κ3) is 4.95. The SMILES string of the molecule is CCn1c(SCc2cccc(C(=O)N3CCN(c4ccccc4F)CC3)c2)nnc1-c1ccco1. The number of carbonyl (C=O) groups excluding carboxylic acids is 1. The predicted molar refractivity (Wildman–Crippen MR) is 134 cm³/mol. The van der Waals surface area contributed by atoms with Gasteiger partial charge in [-0.3, -0.25) is 9.36 Å². The standard InChI is InChI=1S/C26H26FN5O2S/c1-2-32-24(23-11-6-16-34-23)28-29-26(32)35-18-19-7-5-8-20(17-19)25(33)31-14-12-30(13-15-31)22-10-4-3-9-21(22)27/h3-11,16-17H,2,12-15,18H2,1H3. The van der Waals surface area contributed by atoms with Crippen LogP contribution in [0.25, 0.3) is 11.6 Å². The van der Waals surface area contributed by atoms with Crippen molar-refractivity contribution in [3.63, 3.8) is 0 Å². The maximum Gasteiger partial charge on any atom is 0.253 e. The normalized spacial score (nSPS) is 13.9. The Balaban J connectivity index is 1.22. The summed E-state index contributed by atoms with van der Waals surface area (Å²) in [5.74, 6) is 1.83. The van der Waals surface area contributed by atoms with Crippen molar-refractivity contribution in [1.29, 1.82) is 0 Å². The Kier molecular flexibility index (Phi) is 6.85. The molecule has 1 amide bonds. The number of hydrogen-bond donors (Lipinski definition) is 0. The van der Waals surface area contributed by atoms with Crippen molar-refractivity contribution in [2.45, 2.75) is 24.4 Å². The first-order valence-electron chi connectivity index (χ1n) is 11.6. The number of carbonyl (C=O) groups is 1. The van der Waals surface area contributed by atoms with Crippen LogP contribution in [0.15, 0.2) is 76.5 Å². The molecule has 9 heteroatoms.